The van der Waals surface area contributed by atoms with Crippen LogP contribution in [0.1, 0.15) is 29.6 Å². The van der Waals surface area contributed by atoms with Crippen LogP contribution in [0, 0.1) is 0 Å². The van der Waals surface area contributed by atoms with Crippen LogP contribution in [0.5, 0.6) is 0 Å². The number of carbonyl (C=O) groups excluding carboxylic acids is 1. The van der Waals surface area contributed by atoms with Gasteiger partial charge in [0.25, 0.3) is 5.91 Å². The lowest BCUT2D eigenvalue weighted by Gasteiger charge is -2.08. The second kappa shape index (κ2) is 7.17. The van der Waals surface area contributed by atoms with Crippen molar-refractivity contribution < 1.29 is 4.79 Å². The van der Waals surface area contributed by atoms with Crippen molar-refractivity contribution in [1.82, 2.24) is 10.6 Å². The molecule has 0 saturated heterocycles. The first-order valence-corrected chi connectivity index (χ1v) is 8.16. The maximum atomic E-state index is 12.0. The van der Waals surface area contributed by atoms with Gasteiger partial charge in [-0.1, -0.05) is 11.6 Å². The number of benzene rings is 1. The number of carbonyl (C=O) groups is 1. The Morgan fingerprint density at radius 2 is 2.21 bits per heavy atom. The first-order valence-electron chi connectivity index (χ1n) is 6.56. The Hall–Kier alpha value is -0.710. The summed E-state index contributed by atoms with van der Waals surface area (Å²) in [6, 6.07) is 6.26. The van der Waals surface area contributed by atoms with Crippen molar-refractivity contribution in [3.63, 3.8) is 0 Å². The molecular formula is C14H19ClN2OS. The molecule has 1 amide bonds. The van der Waals surface area contributed by atoms with E-state index in [2.05, 4.69) is 10.6 Å². The summed E-state index contributed by atoms with van der Waals surface area (Å²) in [6.07, 6.45) is 5.52. The second-order valence-electron chi connectivity index (χ2n) is 4.68. The van der Waals surface area contributed by atoms with Gasteiger partial charge in [-0.3, -0.25) is 4.79 Å². The number of nitrogens with one attached hydrogen (secondary N) is 2. The fourth-order valence-corrected chi connectivity index (χ4v) is 2.43. The average molecular weight is 299 g/mol. The molecule has 0 heterocycles. The van der Waals surface area contributed by atoms with Crippen LogP contribution < -0.4 is 10.6 Å². The van der Waals surface area contributed by atoms with Crippen molar-refractivity contribution in [2.45, 2.75) is 30.2 Å². The van der Waals surface area contributed by atoms with E-state index in [0.29, 0.717) is 17.1 Å². The predicted molar refractivity (Wildman–Crippen MR) is 81.2 cm³/mol. The molecule has 5 heteroatoms. The highest BCUT2D eigenvalue weighted by molar-refractivity contribution is 7.98. The number of rotatable bonds is 7. The van der Waals surface area contributed by atoms with Gasteiger partial charge >= 0.3 is 0 Å². The highest BCUT2D eigenvalue weighted by Crippen LogP contribution is 2.22. The molecule has 1 aromatic carbocycles. The van der Waals surface area contributed by atoms with Crippen molar-refractivity contribution in [2.24, 2.45) is 0 Å². The van der Waals surface area contributed by atoms with Crippen molar-refractivity contribution in [2.75, 3.05) is 19.3 Å². The van der Waals surface area contributed by atoms with Crippen LogP contribution in [0.15, 0.2) is 23.1 Å². The Morgan fingerprint density at radius 1 is 1.42 bits per heavy atom. The van der Waals surface area contributed by atoms with Gasteiger partial charge in [-0.15, -0.1) is 11.8 Å². The molecule has 0 unspecified atom stereocenters. The molecule has 1 aliphatic rings. The van der Waals surface area contributed by atoms with Crippen molar-refractivity contribution >= 4 is 29.3 Å². The molecule has 0 spiro atoms. The fourth-order valence-electron chi connectivity index (χ4n) is 1.78. The molecule has 1 fully saturated rings. The molecule has 0 atom stereocenters. The van der Waals surface area contributed by atoms with Crippen LogP contribution in [0.2, 0.25) is 5.02 Å². The van der Waals surface area contributed by atoms with E-state index < -0.39 is 0 Å². The molecule has 104 valence electrons. The van der Waals surface area contributed by atoms with Crippen molar-refractivity contribution in [3.8, 4) is 0 Å². The molecule has 2 N–H and O–H groups in total. The zero-order valence-corrected chi connectivity index (χ0v) is 12.6. The molecule has 0 aliphatic heterocycles. The zero-order valence-electron chi connectivity index (χ0n) is 11.0. The summed E-state index contributed by atoms with van der Waals surface area (Å²) in [5.41, 5.74) is 0.559. The van der Waals surface area contributed by atoms with E-state index in [4.69, 9.17) is 11.6 Å². The third-order valence-corrected chi connectivity index (χ3v) is 4.12. The van der Waals surface area contributed by atoms with E-state index in [1.807, 2.05) is 18.4 Å². The topological polar surface area (TPSA) is 41.1 Å². The monoisotopic (exact) mass is 298 g/mol. The maximum Gasteiger partial charge on any atom is 0.252 e. The minimum Gasteiger partial charge on any atom is -0.352 e. The first-order chi connectivity index (χ1) is 9.20. The number of hydrogen-bond acceptors (Lipinski definition) is 3. The van der Waals surface area contributed by atoms with Gasteiger partial charge in [0.1, 0.15) is 0 Å². The van der Waals surface area contributed by atoms with Gasteiger partial charge in [0.2, 0.25) is 0 Å². The number of halogens is 1. The Morgan fingerprint density at radius 3 is 2.89 bits per heavy atom. The van der Waals surface area contributed by atoms with Crippen LogP contribution in [0.3, 0.4) is 0 Å². The molecule has 0 bridgehead atoms. The van der Waals surface area contributed by atoms with E-state index in [1.54, 1.807) is 17.8 Å². The van der Waals surface area contributed by atoms with Gasteiger partial charge in [-0.05, 0) is 50.3 Å². The van der Waals surface area contributed by atoms with Gasteiger partial charge in [0.05, 0.1) is 10.6 Å². The highest BCUT2D eigenvalue weighted by atomic mass is 35.5. The second-order valence-corrected chi connectivity index (χ2v) is 5.97. The van der Waals surface area contributed by atoms with Gasteiger partial charge in [-0.25, -0.2) is 0 Å². The van der Waals surface area contributed by atoms with E-state index in [1.165, 1.54) is 12.8 Å². The minimum absolute atomic E-state index is 0.0904. The maximum absolute atomic E-state index is 12.0. The third-order valence-electron chi connectivity index (χ3n) is 3.07. The van der Waals surface area contributed by atoms with Crippen LogP contribution >= 0.6 is 23.4 Å². The quantitative estimate of drug-likeness (QED) is 0.601. The highest BCUT2D eigenvalue weighted by Gasteiger charge is 2.19. The average Bonchev–Trinajstić information content (AvgIpc) is 3.23. The number of amides is 1. The zero-order chi connectivity index (χ0) is 13.7. The molecule has 1 aliphatic carbocycles. The molecule has 1 saturated carbocycles. The first kappa shape index (κ1) is 14.7. The van der Waals surface area contributed by atoms with E-state index in [-0.39, 0.29) is 5.91 Å². The number of hydrogen-bond donors (Lipinski definition) is 2. The van der Waals surface area contributed by atoms with Crippen molar-refractivity contribution in [3.05, 3.63) is 28.8 Å². The van der Waals surface area contributed by atoms with Crippen LogP contribution in [-0.2, 0) is 0 Å². The summed E-state index contributed by atoms with van der Waals surface area (Å²) in [5, 5.41) is 6.84. The van der Waals surface area contributed by atoms with Gasteiger partial charge in [0, 0.05) is 17.5 Å². The molecular weight excluding hydrogens is 280 g/mol. The SMILES string of the molecule is CSc1ccc(Cl)c(C(=O)NCCCNC2CC2)c1. The molecule has 19 heavy (non-hydrogen) atoms. The third kappa shape index (κ3) is 4.71. The van der Waals surface area contributed by atoms with Crippen molar-refractivity contribution in [1.29, 1.82) is 0 Å². The smallest absolute Gasteiger partial charge is 0.252 e. The number of thioether (sulfide) groups is 1. The Bertz CT molecular complexity index is 449. The van der Waals surface area contributed by atoms with Crippen LogP contribution in [0.4, 0.5) is 0 Å². The normalized spacial score (nSPS) is 14.4. The van der Waals surface area contributed by atoms with Gasteiger partial charge in [-0.2, -0.15) is 0 Å². The lowest BCUT2D eigenvalue weighted by Crippen LogP contribution is -2.28. The summed E-state index contributed by atoms with van der Waals surface area (Å²) in [5.74, 6) is -0.0904. The standard InChI is InChI=1S/C14H19ClN2OS/c1-19-11-5-6-13(15)12(9-11)14(18)17-8-2-7-16-10-3-4-10/h5-6,9-10,16H,2-4,7-8H2,1H3,(H,17,18). The van der Waals surface area contributed by atoms with Crippen LogP contribution in [0.25, 0.3) is 0 Å². The predicted octanol–water partition coefficient (Wildman–Crippen LogP) is 2.93. The molecule has 2 rings (SSSR count). The largest absolute Gasteiger partial charge is 0.352 e. The van der Waals surface area contributed by atoms with E-state index >= 15 is 0 Å². The molecule has 1 aromatic rings. The molecule has 0 radical (unpaired) electrons. The Labute approximate surface area is 123 Å². The van der Waals surface area contributed by atoms with E-state index in [9.17, 15) is 4.79 Å². The van der Waals surface area contributed by atoms with Crippen LogP contribution in [-0.4, -0.2) is 31.3 Å². The van der Waals surface area contributed by atoms with Gasteiger partial charge < -0.3 is 10.6 Å². The minimum atomic E-state index is -0.0904. The lowest BCUT2D eigenvalue weighted by molar-refractivity contribution is 0.0953. The lowest BCUT2D eigenvalue weighted by atomic mass is 10.2. The Balaban J connectivity index is 1.77. The summed E-state index contributed by atoms with van der Waals surface area (Å²) in [4.78, 5) is 13.1. The van der Waals surface area contributed by atoms with E-state index in [0.717, 1.165) is 23.9 Å². The summed E-state index contributed by atoms with van der Waals surface area (Å²) in [7, 11) is 0. The van der Waals surface area contributed by atoms with Gasteiger partial charge in [0.15, 0.2) is 0 Å². The fraction of sp³-hybridized carbons (Fsp3) is 0.500. The summed E-state index contributed by atoms with van der Waals surface area (Å²) in [6.45, 7) is 1.64. The summed E-state index contributed by atoms with van der Waals surface area (Å²) < 4.78 is 0. The summed E-state index contributed by atoms with van der Waals surface area (Å²) >= 11 is 7.66. The molecule has 0 aromatic heterocycles. The molecule has 3 nitrogen and oxygen atoms in total. The Kier molecular flexibility index (Phi) is 5.55.